The average molecular weight is 283 g/mol. The Hall–Kier alpha value is -0.150. The molecule has 16 heavy (non-hydrogen) atoms. The summed E-state index contributed by atoms with van der Waals surface area (Å²) in [7, 11) is 0. The van der Waals surface area contributed by atoms with E-state index >= 15 is 0 Å². The van der Waals surface area contributed by atoms with Gasteiger partial charge in [-0.3, -0.25) is 0 Å². The maximum absolute atomic E-state index is 9.76. The summed E-state index contributed by atoms with van der Waals surface area (Å²) in [5.74, 6) is 0.543. The highest BCUT2D eigenvalue weighted by Crippen LogP contribution is 2.42. The zero-order valence-electron chi connectivity index (χ0n) is 8.62. The SMILES string of the molecule is Cl.N[C@@H](c1c(O)cc(Cl)cc1Cl)C1CCC1. The molecule has 0 saturated heterocycles. The quantitative estimate of drug-likeness (QED) is 0.863. The van der Waals surface area contributed by atoms with E-state index in [0.717, 1.165) is 12.8 Å². The first-order chi connectivity index (χ1) is 7.09. The number of hydrogen-bond acceptors (Lipinski definition) is 2. The lowest BCUT2D eigenvalue weighted by atomic mass is 9.77. The molecule has 2 rings (SSSR count). The molecule has 1 aromatic carbocycles. The van der Waals surface area contributed by atoms with Crippen LogP contribution in [0.5, 0.6) is 5.75 Å². The number of phenolic OH excluding ortho intramolecular Hbond substituents is 1. The van der Waals surface area contributed by atoms with E-state index in [2.05, 4.69) is 0 Å². The third-order valence-corrected chi connectivity index (χ3v) is 3.59. The molecule has 0 aliphatic heterocycles. The van der Waals surface area contributed by atoms with Crippen molar-refractivity contribution in [3.05, 3.63) is 27.7 Å². The van der Waals surface area contributed by atoms with Crippen LogP contribution in [0.15, 0.2) is 12.1 Å². The monoisotopic (exact) mass is 281 g/mol. The average Bonchev–Trinajstić information content (AvgIpc) is 1.97. The van der Waals surface area contributed by atoms with Gasteiger partial charge in [-0.15, -0.1) is 12.4 Å². The van der Waals surface area contributed by atoms with Crippen molar-refractivity contribution in [2.75, 3.05) is 0 Å². The van der Waals surface area contributed by atoms with Gasteiger partial charge in [-0.05, 0) is 30.9 Å². The molecule has 1 aromatic rings. The zero-order chi connectivity index (χ0) is 11.0. The molecule has 3 N–H and O–H groups in total. The number of nitrogens with two attached hydrogens (primary N) is 1. The summed E-state index contributed by atoms with van der Waals surface area (Å²) in [6.45, 7) is 0. The summed E-state index contributed by atoms with van der Waals surface area (Å²) in [6.07, 6.45) is 3.43. The maximum Gasteiger partial charge on any atom is 0.123 e. The van der Waals surface area contributed by atoms with Crippen LogP contribution in [0.4, 0.5) is 0 Å². The van der Waals surface area contributed by atoms with Gasteiger partial charge < -0.3 is 10.8 Å². The lowest BCUT2D eigenvalue weighted by Crippen LogP contribution is -2.27. The van der Waals surface area contributed by atoms with Gasteiger partial charge >= 0.3 is 0 Å². The molecule has 0 unspecified atom stereocenters. The standard InChI is InChI=1S/C11H13Cl2NO.ClH/c12-7-4-8(13)10(9(15)5-7)11(14)6-2-1-3-6;/h4-6,11,15H,1-3,14H2;1H/t11-;/m1./s1. The van der Waals surface area contributed by atoms with Crippen molar-refractivity contribution in [2.45, 2.75) is 25.3 Å². The first-order valence-electron chi connectivity index (χ1n) is 5.03. The van der Waals surface area contributed by atoms with E-state index in [4.69, 9.17) is 28.9 Å². The molecule has 0 spiro atoms. The van der Waals surface area contributed by atoms with Gasteiger partial charge in [0.05, 0.1) is 5.02 Å². The summed E-state index contributed by atoms with van der Waals surface area (Å²) < 4.78 is 0. The Morgan fingerprint density at radius 3 is 2.38 bits per heavy atom. The number of phenols is 1. The summed E-state index contributed by atoms with van der Waals surface area (Å²) in [6, 6.07) is 2.93. The second-order valence-electron chi connectivity index (χ2n) is 4.04. The van der Waals surface area contributed by atoms with E-state index < -0.39 is 0 Å². The third kappa shape index (κ3) is 2.57. The van der Waals surface area contributed by atoms with Crippen molar-refractivity contribution in [1.82, 2.24) is 0 Å². The van der Waals surface area contributed by atoms with Gasteiger partial charge in [0.2, 0.25) is 0 Å². The molecule has 2 nitrogen and oxygen atoms in total. The Labute approximate surface area is 111 Å². The van der Waals surface area contributed by atoms with Crippen molar-refractivity contribution in [3.8, 4) is 5.75 Å². The number of halogens is 3. The molecule has 0 radical (unpaired) electrons. The summed E-state index contributed by atoms with van der Waals surface area (Å²) in [5.41, 5.74) is 6.69. The Morgan fingerprint density at radius 2 is 1.94 bits per heavy atom. The molecule has 1 aliphatic carbocycles. The van der Waals surface area contributed by atoms with E-state index in [-0.39, 0.29) is 24.2 Å². The number of aromatic hydroxyl groups is 1. The smallest absolute Gasteiger partial charge is 0.123 e. The largest absolute Gasteiger partial charge is 0.508 e. The van der Waals surface area contributed by atoms with Crippen LogP contribution in [0, 0.1) is 5.92 Å². The van der Waals surface area contributed by atoms with E-state index in [1.54, 1.807) is 6.07 Å². The molecule has 0 aromatic heterocycles. The fourth-order valence-electron chi connectivity index (χ4n) is 1.94. The van der Waals surface area contributed by atoms with E-state index in [1.165, 1.54) is 12.5 Å². The number of benzene rings is 1. The second kappa shape index (κ2) is 5.46. The van der Waals surface area contributed by atoms with E-state index in [1.807, 2.05) is 0 Å². The topological polar surface area (TPSA) is 46.2 Å². The predicted molar refractivity (Wildman–Crippen MR) is 69.6 cm³/mol. The molecule has 1 aliphatic rings. The van der Waals surface area contributed by atoms with Crippen LogP contribution in [0.25, 0.3) is 0 Å². The van der Waals surface area contributed by atoms with Gasteiger partial charge in [0.25, 0.3) is 0 Å². The maximum atomic E-state index is 9.76. The van der Waals surface area contributed by atoms with Crippen molar-refractivity contribution < 1.29 is 5.11 Å². The molecular weight excluding hydrogens is 268 g/mol. The van der Waals surface area contributed by atoms with Crippen LogP contribution >= 0.6 is 35.6 Å². The molecule has 0 amide bonds. The van der Waals surface area contributed by atoms with Gasteiger partial charge in [-0.25, -0.2) is 0 Å². The summed E-state index contributed by atoms with van der Waals surface area (Å²) in [4.78, 5) is 0. The fraction of sp³-hybridized carbons (Fsp3) is 0.455. The van der Waals surface area contributed by atoms with Crippen molar-refractivity contribution in [3.63, 3.8) is 0 Å². The minimum Gasteiger partial charge on any atom is -0.508 e. The van der Waals surface area contributed by atoms with Gasteiger partial charge in [-0.2, -0.15) is 0 Å². The van der Waals surface area contributed by atoms with Crippen molar-refractivity contribution in [1.29, 1.82) is 0 Å². The van der Waals surface area contributed by atoms with Gasteiger partial charge in [0.1, 0.15) is 5.75 Å². The molecule has 0 heterocycles. The van der Waals surface area contributed by atoms with Gasteiger partial charge in [0, 0.05) is 16.6 Å². The Bertz CT molecular complexity index is 356. The highest BCUT2D eigenvalue weighted by Gasteiger charge is 2.28. The third-order valence-electron chi connectivity index (χ3n) is 3.06. The van der Waals surface area contributed by atoms with Crippen LogP contribution in [0.2, 0.25) is 10.0 Å². The molecule has 5 heteroatoms. The first-order valence-corrected chi connectivity index (χ1v) is 5.78. The van der Waals surface area contributed by atoms with E-state index in [9.17, 15) is 5.11 Å². The normalized spacial score (nSPS) is 17.4. The molecule has 90 valence electrons. The molecule has 0 bridgehead atoms. The van der Waals surface area contributed by atoms with Gasteiger partial charge in [-0.1, -0.05) is 29.6 Å². The minimum absolute atomic E-state index is 0. The van der Waals surface area contributed by atoms with E-state index in [0.29, 0.717) is 21.5 Å². The van der Waals surface area contributed by atoms with Crippen LogP contribution in [0.1, 0.15) is 30.9 Å². The predicted octanol–water partition coefficient (Wildman–Crippen LogP) is 3.92. The second-order valence-corrected chi connectivity index (χ2v) is 4.88. The fourth-order valence-corrected chi connectivity index (χ4v) is 2.54. The Kier molecular flexibility index (Phi) is 4.74. The summed E-state index contributed by atoms with van der Waals surface area (Å²) >= 11 is 11.8. The van der Waals surface area contributed by atoms with Crippen LogP contribution in [-0.2, 0) is 0 Å². The van der Waals surface area contributed by atoms with Crippen molar-refractivity contribution >= 4 is 35.6 Å². The van der Waals surface area contributed by atoms with Crippen molar-refractivity contribution in [2.24, 2.45) is 11.7 Å². The zero-order valence-corrected chi connectivity index (χ0v) is 10.9. The molecular formula is C11H14Cl3NO. The van der Waals surface area contributed by atoms with Gasteiger partial charge in [0.15, 0.2) is 0 Å². The molecule has 1 fully saturated rings. The van der Waals surface area contributed by atoms with Crippen LogP contribution in [0.3, 0.4) is 0 Å². The lowest BCUT2D eigenvalue weighted by molar-refractivity contribution is 0.260. The highest BCUT2D eigenvalue weighted by molar-refractivity contribution is 6.35. The van der Waals surface area contributed by atoms with Crippen LogP contribution < -0.4 is 5.73 Å². The molecule has 1 saturated carbocycles. The lowest BCUT2D eigenvalue weighted by Gasteiger charge is -2.32. The highest BCUT2D eigenvalue weighted by atomic mass is 35.5. The Morgan fingerprint density at radius 1 is 1.31 bits per heavy atom. The van der Waals surface area contributed by atoms with Crippen LogP contribution in [-0.4, -0.2) is 5.11 Å². The Balaban J connectivity index is 0.00000128. The summed E-state index contributed by atoms with van der Waals surface area (Å²) in [5, 5.41) is 10.7. The molecule has 1 atom stereocenters. The number of hydrogen-bond donors (Lipinski definition) is 2. The minimum atomic E-state index is -0.177. The number of rotatable bonds is 2. The first kappa shape index (κ1) is 13.9.